The van der Waals surface area contributed by atoms with Gasteiger partial charge in [0.1, 0.15) is 0 Å². The Morgan fingerprint density at radius 1 is 1.20 bits per heavy atom. The molecular formula is C20H27N3O2. The summed E-state index contributed by atoms with van der Waals surface area (Å²) >= 11 is 0. The van der Waals surface area contributed by atoms with Gasteiger partial charge in [0.05, 0.1) is 12.6 Å². The summed E-state index contributed by atoms with van der Waals surface area (Å²) in [6.45, 7) is 1.46. The number of hydrogen-bond donors (Lipinski definition) is 2. The SMILES string of the molecule is NC(=O)[C@H]1Cc2ccccc2CN1CC(=O)NCCC1=CCCCC1. The molecule has 0 radical (unpaired) electrons. The van der Waals surface area contributed by atoms with Crippen LogP contribution in [0.25, 0.3) is 0 Å². The highest BCUT2D eigenvalue weighted by molar-refractivity contribution is 5.83. The van der Waals surface area contributed by atoms with E-state index < -0.39 is 6.04 Å². The average Bonchev–Trinajstić information content (AvgIpc) is 2.62. The third-order valence-electron chi connectivity index (χ3n) is 5.17. The Labute approximate surface area is 149 Å². The number of primary amides is 1. The Bertz CT molecular complexity index is 669. The summed E-state index contributed by atoms with van der Waals surface area (Å²) in [5, 5.41) is 2.99. The van der Waals surface area contributed by atoms with E-state index in [1.165, 1.54) is 24.0 Å². The molecule has 3 N–H and O–H groups in total. The molecule has 1 aromatic carbocycles. The molecule has 1 heterocycles. The first-order chi connectivity index (χ1) is 12.1. The molecule has 2 aliphatic rings. The van der Waals surface area contributed by atoms with Crippen LogP contribution < -0.4 is 11.1 Å². The predicted molar refractivity (Wildman–Crippen MR) is 97.7 cm³/mol. The van der Waals surface area contributed by atoms with E-state index in [9.17, 15) is 9.59 Å². The highest BCUT2D eigenvalue weighted by Crippen LogP contribution is 2.23. The standard InChI is InChI=1S/C20H27N3O2/c21-20(25)18-12-16-8-4-5-9-17(16)13-23(18)14-19(24)22-11-10-15-6-2-1-3-7-15/h4-6,8-9,18H,1-3,7,10-14H2,(H2,21,25)(H,22,24)/t18-/m1/s1. The van der Waals surface area contributed by atoms with E-state index in [1.807, 2.05) is 29.2 Å². The normalized spacial score (nSPS) is 20.5. The van der Waals surface area contributed by atoms with Gasteiger partial charge in [0.15, 0.2) is 0 Å². The average molecular weight is 341 g/mol. The second-order valence-electron chi connectivity index (χ2n) is 7.00. The largest absolute Gasteiger partial charge is 0.368 e. The number of rotatable bonds is 6. The topological polar surface area (TPSA) is 75.4 Å². The molecule has 3 rings (SSSR count). The molecular weight excluding hydrogens is 314 g/mol. The van der Waals surface area contributed by atoms with Crippen LogP contribution in [0.15, 0.2) is 35.9 Å². The van der Waals surface area contributed by atoms with Crippen LogP contribution in [-0.4, -0.2) is 35.8 Å². The van der Waals surface area contributed by atoms with Crippen molar-refractivity contribution in [1.82, 2.24) is 10.2 Å². The molecule has 0 spiro atoms. The van der Waals surface area contributed by atoms with Gasteiger partial charge >= 0.3 is 0 Å². The van der Waals surface area contributed by atoms with E-state index in [0.29, 0.717) is 19.5 Å². The highest BCUT2D eigenvalue weighted by atomic mass is 16.2. The Hall–Kier alpha value is -2.14. The summed E-state index contributed by atoms with van der Waals surface area (Å²) in [6, 6.07) is 7.62. The lowest BCUT2D eigenvalue weighted by Gasteiger charge is -2.34. The monoisotopic (exact) mass is 341 g/mol. The van der Waals surface area contributed by atoms with Crippen LogP contribution in [0.5, 0.6) is 0 Å². The molecule has 5 heteroatoms. The lowest BCUT2D eigenvalue weighted by Crippen LogP contribution is -2.51. The fourth-order valence-corrected chi connectivity index (χ4v) is 3.76. The predicted octanol–water partition coefficient (Wildman–Crippen LogP) is 1.91. The van der Waals surface area contributed by atoms with Crippen molar-refractivity contribution in [3.63, 3.8) is 0 Å². The molecule has 25 heavy (non-hydrogen) atoms. The molecule has 1 aliphatic carbocycles. The van der Waals surface area contributed by atoms with Crippen LogP contribution in [0.3, 0.4) is 0 Å². The Morgan fingerprint density at radius 2 is 2.00 bits per heavy atom. The van der Waals surface area contributed by atoms with E-state index in [4.69, 9.17) is 5.73 Å². The van der Waals surface area contributed by atoms with Gasteiger partial charge in [0.2, 0.25) is 11.8 Å². The number of amides is 2. The summed E-state index contributed by atoms with van der Waals surface area (Å²) in [6.07, 6.45) is 8.66. The maximum Gasteiger partial charge on any atom is 0.235 e. The molecule has 1 aromatic rings. The van der Waals surface area contributed by atoms with Gasteiger partial charge in [-0.1, -0.05) is 35.9 Å². The lowest BCUT2D eigenvalue weighted by atomic mass is 9.93. The molecule has 0 bridgehead atoms. The van der Waals surface area contributed by atoms with Crippen LogP contribution in [0, 0.1) is 0 Å². The number of carbonyl (C=O) groups is 2. The quantitative estimate of drug-likeness (QED) is 0.776. The number of carbonyl (C=O) groups excluding carboxylic acids is 2. The van der Waals surface area contributed by atoms with Crippen LogP contribution in [0.4, 0.5) is 0 Å². The van der Waals surface area contributed by atoms with Gasteiger partial charge in [0, 0.05) is 13.1 Å². The van der Waals surface area contributed by atoms with Crippen molar-refractivity contribution in [2.45, 2.75) is 51.1 Å². The third-order valence-corrected chi connectivity index (χ3v) is 5.17. The lowest BCUT2D eigenvalue weighted by molar-refractivity contribution is -0.127. The number of hydrogen-bond acceptors (Lipinski definition) is 3. The minimum atomic E-state index is -0.415. The first-order valence-corrected chi connectivity index (χ1v) is 9.18. The van der Waals surface area contributed by atoms with Gasteiger partial charge in [0.25, 0.3) is 0 Å². The first-order valence-electron chi connectivity index (χ1n) is 9.18. The van der Waals surface area contributed by atoms with Gasteiger partial charge in [-0.25, -0.2) is 0 Å². The van der Waals surface area contributed by atoms with Gasteiger partial charge in [-0.05, 0) is 49.7 Å². The Morgan fingerprint density at radius 3 is 2.72 bits per heavy atom. The molecule has 134 valence electrons. The summed E-state index contributed by atoms with van der Waals surface area (Å²) in [5.74, 6) is -0.406. The van der Waals surface area contributed by atoms with Gasteiger partial charge in [-0.2, -0.15) is 0 Å². The third kappa shape index (κ3) is 4.69. The fraction of sp³-hybridized carbons (Fsp3) is 0.500. The van der Waals surface area contributed by atoms with Crippen LogP contribution in [0.2, 0.25) is 0 Å². The number of benzene rings is 1. The van der Waals surface area contributed by atoms with Gasteiger partial charge < -0.3 is 11.1 Å². The second-order valence-corrected chi connectivity index (χ2v) is 7.00. The minimum absolute atomic E-state index is 0.0398. The van der Waals surface area contributed by atoms with E-state index in [2.05, 4.69) is 11.4 Å². The molecule has 5 nitrogen and oxygen atoms in total. The molecule has 0 saturated carbocycles. The maximum atomic E-state index is 12.3. The van der Waals surface area contributed by atoms with Crippen LogP contribution >= 0.6 is 0 Å². The van der Waals surface area contributed by atoms with E-state index >= 15 is 0 Å². The zero-order valence-electron chi connectivity index (χ0n) is 14.7. The van der Waals surface area contributed by atoms with Crippen molar-refractivity contribution in [2.75, 3.05) is 13.1 Å². The summed E-state index contributed by atoms with van der Waals surface area (Å²) in [4.78, 5) is 26.0. The van der Waals surface area contributed by atoms with Crippen molar-refractivity contribution in [3.05, 3.63) is 47.0 Å². The molecule has 1 aliphatic heterocycles. The smallest absolute Gasteiger partial charge is 0.235 e. The number of allylic oxidation sites excluding steroid dienone is 1. The number of fused-ring (bicyclic) bond motifs is 1. The maximum absolute atomic E-state index is 12.3. The van der Waals surface area contributed by atoms with Gasteiger partial charge in [-0.3, -0.25) is 14.5 Å². The zero-order chi connectivity index (χ0) is 17.6. The van der Waals surface area contributed by atoms with Crippen LogP contribution in [-0.2, 0) is 22.6 Å². The molecule has 0 fully saturated rings. The van der Waals surface area contributed by atoms with Crippen LogP contribution in [0.1, 0.15) is 43.2 Å². The number of nitrogens with two attached hydrogens (primary N) is 1. The van der Waals surface area contributed by atoms with E-state index in [0.717, 1.165) is 24.8 Å². The summed E-state index contributed by atoms with van der Waals surface area (Å²) < 4.78 is 0. The summed E-state index contributed by atoms with van der Waals surface area (Å²) in [5.41, 5.74) is 9.33. The van der Waals surface area contributed by atoms with Crippen molar-refractivity contribution in [2.24, 2.45) is 5.73 Å². The van der Waals surface area contributed by atoms with Crippen molar-refractivity contribution in [3.8, 4) is 0 Å². The van der Waals surface area contributed by atoms with Crippen molar-refractivity contribution < 1.29 is 9.59 Å². The first kappa shape index (κ1) is 17.7. The zero-order valence-corrected chi connectivity index (χ0v) is 14.7. The van der Waals surface area contributed by atoms with Gasteiger partial charge in [-0.15, -0.1) is 0 Å². The Kier molecular flexibility index (Phi) is 5.87. The molecule has 0 aromatic heterocycles. The Balaban J connectivity index is 1.54. The highest BCUT2D eigenvalue weighted by Gasteiger charge is 2.31. The molecule has 2 amide bonds. The van der Waals surface area contributed by atoms with Crippen molar-refractivity contribution in [1.29, 1.82) is 0 Å². The minimum Gasteiger partial charge on any atom is -0.368 e. The fourth-order valence-electron chi connectivity index (χ4n) is 3.76. The number of nitrogens with one attached hydrogen (secondary N) is 1. The molecule has 1 atom stereocenters. The number of nitrogens with zero attached hydrogens (tertiary/aromatic N) is 1. The van der Waals surface area contributed by atoms with E-state index in [1.54, 1.807) is 0 Å². The van der Waals surface area contributed by atoms with Crippen molar-refractivity contribution >= 4 is 11.8 Å². The van der Waals surface area contributed by atoms with E-state index in [-0.39, 0.29) is 18.4 Å². The molecule has 0 unspecified atom stereocenters. The molecule has 0 saturated heterocycles. The second kappa shape index (κ2) is 8.30. The summed E-state index contributed by atoms with van der Waals surface area (Å²) in [7, 11) is 0.